The minimum atomic E-state index is -3.51. The van der Waals surface area contributed by atoms with Crippen LogP contribution in [0, 0.1) is 0 Å². The van der Waals surface area contributed by atoms with Gasteiger partial charge in [-0.1, -0.05) is 29.8 Å². The summed E-state index contributed by atoms with van der Waals surface area (Å²) in [5.41, 5.74) is 0. The fourth-order valence-corrected chi connectivity index (χ4v) is 5.44. The first-order chi connectivity index (χ1) is 12.9. The zero-order valence-electron chi connectivity index (χ0n) is 14.9. The number of piperazine rings is 1. The summed E-state index contributed by atoms with van der Waals surface area (Å²) in [6, 6.07) is 15.8. The van der Waals surface area contributed by atoms with Crippen molar-refractivity contribution in [3.05, 3.63) is 59.6 Å². The number of hydrogen-bond acceptors (Lipinski definition) is 4. The maximum atomic E-state index is 12.7. The van der Waals surface area contributed by atoms with E-state index < -0.39 is 10.0 Å². The van der Waals surface area contributed by atoms with Gasteiger partial charge in [0, 0.05) is 36.1 Å². The molecule has 144 valence electrons. The van der Waals surface area contributed by atoms with Gasteiger partial charge in [0.15, 0.2) is 0 Å². The van der Waals surface area contributed by atoms with Crippen molar-refractivity contribution in [2.24, 2.45) is 0 Å². The van der Waals surface area contributed by atoms with Crippen LogP contribution in [0.3, 0.4) is 0 Å². The molecule has 1 amide bonds. The maximum absolute atomic E-state index is 12.7. The number of carbonyl (C=O) groups excluding carboxylic acids is 1. The monoisotopic (exact) mass is 424 g/mol. The lowest BCUT2D eigenvalue weighted by molar-refractivity contribution is -0.131. The van der Waals surface area contributed by atoms with E-state index in [-0.39, 0.29) is 16.1 Å². The van der Waals surface area contributed by atoms with Crippen molar-refractivity contribution in [1.82, 2.24) is 9.21 Å². The van der Waals surface area contributed by atoms with Gasteiger partial charge >= 0.3 is 0 Å². The van der Waals surface area contributed by atoms with E-state index in [1.807, 2.05) is 19.1 Å². The molecule has 0 aromatic heterocycles. The average Bonchev–Trinajstić information content (AvgIpc) is 2.70. The summed E-state index contributed by atoms with van der Waals surface area (Å²) in [5, 5.41) is 0.414. The highest BCUT2D eigenvalue weighted by molar-refractivity contribution is 8.00. The molecule has 3 rings (SSSR count). The van der Waals surface area contributed by atoms with Crippen molar-refractivity contribution in [2.45, 2.75) is 22.0 Å². The molecule has 0 radical (unpaired) electrons. The Kier molecular flexibility index (Phi) is 6.47. The van der Waals surface area contributed by atoms with E-state index in [0.717, 1.165) is 4.90 Å². The van der Waals surface area contributed by atoms with Gasteiger partial charge in [0.05, 0.1) is 10.1 Å². The molecular weight excluding hydrogens is 404 g/mol. The van der Waals surface area contributed by atoms with Crippen LogP contribution in [-0.2, 0) is 14.8 Å². The lowest BCUT2D eigenvalue weighted by atomic mass is 10.3. The molecule has 1 aliphatic heterocycles. The molecule has 5 nitrogen and oxygen atoms in total. The average molecular weight is 425 g/mol. The predicted octanol–water partition coefficient (Wildman–Crippen LogP) is 3.35. The van der Waals surface area contributed by atoms with Crippen LogP contribution in [0.1, 0.15) is 6.92 Å². The molecule has 0 N–H and O–H groups in total. The number of rotatable bonds is 5. The van der Waals surface area contributed by atoms with Crippen LogP contribution in [-0.4, -0.2) is 55.0 Å². The van der Waals surface area contributed by atoms with E-state index in [4.69, 9.17) is 11.6 Å². The highest BCUT2D eigenvalue weighted by Gasteiger charge is 2.31. The third-order valence-electron chi connectivity index (χ3n) is 4.41. The third kappa shape index (κ3) is 4.85. The van der Waals surface area contributed by atoms with Crippen LogP contribution in [0.15, 0.2) is 64.4 Å². The molecule has 1 saturated heterocycles. The number of hydrogen-bond donors (Lipinski definition) is 0. The van der Waals surface area contributed by atoms with Crippen LogP contribution in [0.4, 0.5) is 0 Å². The Morgan fingerprint density at radius 1 is 1.00 bits per heavy atom. The fourth-order valence-electron chi connectivity index (χ4n) is 2.92. The number of nitrogens with zero attached hydrogens (tertiary/aromatic N) is 2. The van der Waals surface area contributed by atoms with E-state index in [2.05, 4.69) is 0 Å². The van der Waals surface area contributed by atoms with Gasteiger partial charge in [-0.25, -0.2) is 8.42 Å². The Hall–Kier alpha value is -1.54. The molecule has 8 heteroatoms. The molecule has 27 heavy (non-hydrogen) atoms. The fraction of sp³-hybridized carbons (Fsp3) is 0.316. The van der Waals surface area contributed by atoms with E-state index in [1.165, 1.54) is 16.1 Å². The zero-order chi connectivity index (χ0) is 19.4. The molecule has 1 fully saturated rings. The van der Waals surface area contributed by atoms with Crippen molar-refractivity contribution in [1.29, 1.82) is 0 Å². The Balaban J connectivity index is 1.58. The largest absolute Gasteiger partial charge is 0.339 e. The Morgan fingerprint density at radius 3 is 2.19 bits per heavy atom. The number of amides is 1. The second kappa shape index (κ2) is 8.65. The highest BCUT2D eigenvalue weighted by atomic mass is 35.5. The zero-order valence-corrected chi connectivity index (χ0v) is 17.3. The predicted molar refractivity (Wildman–Crippen MR) is 109 cm³/mol. The Labute approximate surface area is 169 Å². The second-order valence-corrected chi connectivity index (χ2v) is 10.0. The van der Waals surface area contributed by atoms with Gasteiger partial charge in [-0.3, -0.25) is 4.79 Å². The van der Waals surface area contributed by atoms with Crippen LogP contribution in [0.25, 0.3) is 0 Å². The standard InChI is InChI=1S/C19H21ClN2O3S2/c1-15(26-17-9-7-16(20)8-10-17)19(23)21-11-13-22(14-12-21)27(24,25)18-5-3-2-4-6-18/h2-10,15H,11-14H2,1H3. The third-order valence-corrected chi connectivity index (χ3v) is 7.67. The summed E-state index contributed by atoms with van der Waals surface area (Å²) in [6.45, 7) is 3.28. The van der Waals surface area contributed by atoms with Gasteiger partial charge in [0.1, 0.15) is 0 Å². The Bertz CT molecular complexity index is 881. The first-order valence-corrected chi connectivity index (χ1v) is 11.3. The molecule has 2 aromatic rings. The molecule has 1 atom stereocenters. The molecule has 0 spiro atoms. The van der Waals surface area contributed by atoms with Gasteiger partial charge in [-0.15, -0.1) is 11.8 Å². The summed E-state index contributed by atoms with van der Waals surface area (Å²) in [7, 11) is -3.51. The summed E-state index contributed by atoms with van der Waals surface area (Å²) in [6.07, 6.45) is 0. The summed E-state index contributed by atoms with van der Waals surface area (Å²) in [5.74, 6) is 0.0201. The topological polar surface area (TPSA) is 57.7 Å². The smallest absolute Gasteiger partial charge is 0.243 e. The molecule has 0 bridgehead atoms. The number of sulfonamides is 1. The minimum Gasteiger partial charge on any atom is -0.339 e. The SMILES string of the molecule is CC(Sc1ccc(Cl)cc1)C(=O)N1CCN(S(=O)(=O)c2ccccc2)CC1. The summed E-state index contributed by atoms with van der Waals surface area (Å²) in [4.78, 5) is 15.7. The summed E-state index contributed by atoms with van der Waals surface area (Å²) >= 11 is 7.36. The van der Waals surface area contributed by atoms with E-state index in [9.17, 15) is 13.2 Å². The lowest BCUT2D eigenvalue weighted by Gasteiger charge is -2.35. The van der Waals surface area contributed by atoms with Crippen molar-refractivity contribution < 1.29 is 13.2 Å². The number of thioether (sulfide) groups is 1. The molecule has 1 aliphatic rings. The molecule has 0 aliphatic carbocycles. The lowest BCUT2D eigenvalue weighted by Crippen LogP contribution is -2.52. The van der Waals surface area contributed by atoms with E-state index in [0.29, 0.717) is 31.2 Å². The van der Waals surface area contributed by atoms with Crippen LogP contribution < -0.4 is 0 Å². The normalized spacial score (nSPS) is 16.9. The maximum Gasteiger partial charge on any atom is 0.243 e. The molecule has 0 saturated carbocycles. The first-order valence-electron chi connectivity index (χ1n) is 8.64. The molecular formula is C19H21ClN2O3S2. The summed E-state index contributed by atoms with van der Waals surface area (Å²) < 4.78 is 26.8. The van der Waals surface area contributed by atoms with Crippen molar-refractivity contribution in [3.8, 4) is 0 Å². The van der Waals surface area contributed by atoms with Gasteiger partial charge < -0.3 is 4.90 Å². The van der Waals surface area contributed by atoms with Crippen molar-refractivity contribution in [2.75, 3.05) is 26.2 Å². The van der Waals surface area contributed by atoms with Gasteiger partial charge in [0.2, 0.25) is 15.9 Å². The van der Waals surface area contributed by atoms with Crippen LogP contribution in [0.2, 0.25) is 5.02 Å². The van der Waals surface area contributed by atoms with Gasteiger partial charge in [-0.2, -0.15) is 4.31 Å². The van der Waals surface area contributed by atoms with Gasteiger partial charge in [-0.05, 0) is 43.3 Å². The van der Waals surface area contributed by atoms with Crippen molar-refractivity contribution in [3.63, 3.8) is 0 Å². The van der Waals surface area contributed by atoms with Crippen LogP contribution >= 0.6 is 23.4 Å². The quantitative estimate of drug-likeness (QED) is 0.690. The Morgan fingerprint density at radius 2 is 1.59 bits per heavy atom. The number of halogens is 1. The number of carbonyl (C=O) groups is 1. The van der Waals surface area contributed by atoms with Crippen LogP contribution in [0.5, 0.6) is 0 Å². The highest BCUT2D eigenvalue weighted by Crippen LogP contribution is 2.26. The molecule has 2 aromatic carbocycles. The second-order valence-electron chi connectivity index (χ2n) is 6.26. The van der Waals surface area contributed by atoms with E-state index >= 15 is 0 Å². The minimum absolute atomic E-state index is 0.0201. The van der Waals surface area contributed by atoms with E-state index in [1.54, 1.807) is 47.4 Å². The first kappa shape index (κ1) is 20.2. The van der Waals surface area contributed by atoms with Gasteiger partial charge in [0.25, 0.3) is 0 Å². The van der Waals surface area contributed by atoms with Crippen molar-refractivity contribution >= 4 is 39.3 Å². The molecule has 1 heterocycles. The number of benzene rings is 2. The molecule has 1 unspecified atom stereocenters.